The van der Waals surface area contributed by atoms with E-state index in [9.17, 15) is 15.8 Å². The first kappa shape index (κ1) is 38.3. The summed E-state index contributed by atoms with van der Waals surface area (Å²) in [5, 5.41) is 47.6. The molecule has 0 spiro atoms. The Bertz CT molecular complexity index is 4400. The van der Waals surface area contributed by atoms with Crippen LogP contribution in [0.1, 0.15) is 16.7 Å². The van der Waals surface area contributed by atoms with Crippen LogP contribution in [-0.2, 0) is 0 Å². The number of aromatic nitrogens is 3. The summed E-state index contributed by atoms with van der Waals surface area (Å²) >= 11 is 0. The van der Waals surface area contributed by atoms with Crippen molar-refractivity contribution in [2.45, 2.75) is 0 Å². The Morgan fingerprint density at radius 1 is 0.261 bits per heavy atom. The minimum Gasteiger partial charge on any atom is -0.307 e. The van der Waals surface area contributed by atoms with Crippen LogP contribution in [0.25, 0.3) is 126 Å². The maximum Gasteiger partial charge on any atom is 0.104 e. The van der Waals surface area contributed by atoms with Crippen molar-refractivity contribution >= 4 is 97.7 Å². The van der Waals surface area contributed by atoms with E-state index < -0.39 is 0 Å². The predicted molar refractivity (Wildman–Crippen MR) is 282 cm³/mol. The van der Waals surface area contributed by atoms with Gasteiger partial charge in [-0.2, -0.15) is 15.8 Å². The lowest BCUT2D eigenvalue weighted by Crippen LogP contribution is -2.14. The van der Waals surface area contributed by atoms with Gasteiger partial charge in [-0.15, -0.1) is 0 Å². The van der Waals surface area contributed by atoms with E-state index in [2.05, 4.69) is 184 Å². The number of rotatable bonds is 4. The molecule has 6 heteroatoms. The molecule has 3 heterocycles. The molecule has 0 atom stereocenters. The molecule has 0 saturated carbocycles. The zero-order valence-electron chi connectivity index (χ0n) is 36.8. The van der Waals surface area contributed by atoms with Gasteiger partial charge in [0.15, 0.2) is 0 Å². The van der Waals surface area contributed by atoms with Gasteiger partial charge in [-0.05, 0) is 81.0 Å². The standard InChI is InChI=1S/C63H34N6/c64-35-38-29-31-39(32-30-38)58-62(67-52-24-10-5-18-43(52)44-19-6-11-25-53(44)67)50(36-65)61(51(37-66)63(58)68-54-26-12-7-20-45(54)46-21-8-13-27-55(46)68)69-56-28-14-9-23-49(56)60-57(69)34-33-48-42-17-2-1-15-40(42)41-16-3-4-22-47(41)59(48)60/h1-34H. The summed E-state index contributed by atoms with van der Waals surface area (Å²) in [6, 6.07) is 78.8. The topological polar surface area (TPSA) is 86.2 Å². The van der Waals surface area contributed by atoms with E-state index in [1.165, 1.54) is 5.39 Å². The second-order valence-corrected chi connectivity index (χ2v) is 17.6. The molecule has 0 saturated heterocycles. The molecule has 0 aliphatic carbocycles. The third kappa shape index (κ3) is 5.16. The van der Waals surface area contributed by atoms with Gasteiger partial charge in [-0.3, -0.25) is 0 Å². The Morgan fingerprint density at radius 2 is 0.609 bits per heavy atom. The number of fused-ring (bicyclic) bond motifs is 16. The molecule has 0 aliphatic heterocycles. The van der Waals surface area contributed by atoms with E-state index in [-0.39, 0.29) is 0 Å². The van der Waals surface area contributed by atoms with E-state index >= 15 is 0 Å². The lowest BCUT2D eigenvalue weighted by molar-refractivity contribution is 1.08. The van der Waals surface area contributed by atoms with Crippen LogP contribution in [0, 0.1) is 34.0 Å². The molecule has 11 aromatic carbocycles. The van der Waals surface area contributed by atoms with Crippen LogP contribution in [0.3, 0.4) is 0 Å². The summed E-state index contributed by atoms with van der Waals surface area (Å²) in [5.41, 5.74) is 9.81. The first-order valence-electron chi connectivity index (χ1n) is 23.0. The van der Waals surface area contributed by atoms with Gasteiger partial charge in [-0.1, -0.05) is 158 Å². The smallest absolute Gasteiger partial charge is 0.104 e. The van der Waals surface area contributed by atoms with Crippen molar-refractivity contribution in [3.8, 4) is 46.4 Å². The molecule has 0 bridgehead atoms. The number of hydrogen-bond donors (Lipinski definition) is 0. The lowest BCUT2D eigenvalue weighted by atomic mass is 9.91. The highest BCUT2D eigenvalue weighted by atomic mass is 15.1. The molecule has 0 radical (unpaired) electrons. The Labute approximate surface area is 394 Å². The number of nitrogens with zero attached hydrogens (tertiary/aromatic N) is 6. The minimum atomic E-state index is 0.341. The fourth-order valence-electron chi connectivity index (χ4n) is 11.6. The van der Waals surface area contributed by atoms with Crippen molar-refractivity contribution < 1.29 is 0 Å². The Kier molecular flexibility index (Phi) is 8.08. The first-order valence-corrected chi connectivity index (χ1v) is 23.0. The van der Waals surface area contributed by atoms with E-state index in [0.29, 0.717) is 39.3 Å². The molecule has 0 unspecified atom stereocenters. The van der Waals surface area contributed by atoms with Gasteiger partial charge in [0.1, 0.15) is 23.3 Å². The SMILES string of the molecule is N#Cc1ccc(-c2c(-n3c4ccccc4c4ccccc43)c(C#N)c(-n3c4ccccc4c4c5c6ccccc6c6ccccc6c5ccc43)c(C#N)c2-n2c3ccccc3c3ccccc32)cc1. The molecule has 14 aromatic rings. The van der Waals surface area contributed by atoms with Gasteiger partial charge in [0, 0.05) is 43.3 Å². The monoisotopic (exact) mass is 874 g/mol. The van der Waals surface area contributed by atoms with Gasteiger partial charge >= 0.3 is 0 Å². The quantitative estimate of drug-likeness (QED) is 0.165. The van der Waals surface area contributed by atoms with Gasteiger partial charge in [-0.25, -0.2) is 0 Å². The first-order chi connectivity index (χ1) is 34.2. The zero-order valence-corrected chi connectivity index (χ0v) is 36.8. The van der Waals surface area contributed by atoms with E-state index in [4.69, 9.17) is 0 Å². The molecule has 0 fully saturated rings. The lowest BCUT2D eigenvalue weighted by Gasteiger charge is -2.26. The molecule has 0 aliphatic rings. The average molecular weight is 875 g/mol. The third-order valence-corrected chi connectivity index (χ3v) is 14.3. The molecule has 69 heavy (non-hydrogen) atoms. The van der Waals surface area contributed by atoms with Crippen molar-refractivity contribution in [1.82, 2.24) is 13.7 Å². The average Bonchev–Trinajstić information content (AvgIpc) is 4.06. The van der Waals surface area contributed by atoms with E-state index in [1.807, 2.05) is 54.6 Å². The molecule has 0 amide bonds. The molecular formula is C63H34N6. The van der Waals surface area contributed by atoms with Crippen molar-refractivity contribution in [2.24, 2.45) is 0 Å². The van der Waals surface area contributed by atoms with Crippen molar-refractivity contribution in [2.75, 3.05) is 0 Å². The molecule has 0 N–H and O–H groups in total. The van der Waals surface area contributed by atoms with Crippen molar-refractivity contribution in [3.05, 3.63) is 223 Å². The van der Waals surface area contributed by atoms with Crippen LogP contribution in [-0.4, -0.2) is 13.7 Å². The number of benzene rings is 11. The summed E-state index contributed by atoms with van der Waals surface area (Å²) in [7, 11) is 0. The number of hydrogen-bond acceptors (Lipinski definition) is 3. The molecule has 6 nitrogen and oxygen atoms in total. The van der Waals surface area contributed by atoms with E-state index in [0.717, 1.165) is 97.9 Å². The normalized spacial score (nSPS) is 11.7. The second kappa shape index (κ2) is 14.5. The van der Waals surface area contributed by atoms with Crippen LogP contribution < -0.4 is 0 Å². The Morgan fingerprint density at radius 3 is 1.04 bits per heavy atom. The minimum absolute atomic E-state index is 0.341. The second-order valence-electron chi connectivity index (χ2n) is 17.6. The van der Waals surface area contributed by atoms with Crippen LogP contribution in [0.5, 0.6) is 0 Å². The van der Waals surface area contributed by atoms with Crippen LogP contribution in [0.2, 0.25) is 0 Å². The number of nitriles is 3. The van der Waals surface area contributed by atoms with Gasteiger partial charge < -0.3 is 13.7 Å². The molecular weight excluding hydrogens is 841 g/mol. The number of para-hydroxylation sites is 5. The molecule has 3 aromatic heterocycles. The maximum atomic E-state index is 12.2. The van der Waals surface area contributed by atoms with Crippen LogP contribution in [0.4, 0.5) is 0 Å². The van der Waals surface area contributed by atoms with Crippen molar-refractivity contribution in [3.63, 3.8) is 0 Å². The Balaban J connectivity index is 1.28. The predicted octanol–water partition coefficient (Wildman–Crippen LogP) is 15.7. The van der Waals surface area contributed by atoms with Crippen LogP contribution >= 0.6 is 0 Å². The third-order valence-electron chi connectivity index (χ3n) is 14.3. The largest absolute Gasteiger partial charge is 0.307 e. The maximum absolute atomic E-state index is 12.2. The fourth-order valence-corrected chi connectivity index (χ4v) is 11.6. The summed E-state index contributed by atoms with van der Waals surface area (Å²) in [6.07, 6.45) is 0. The summed E-state index contributed by atoms with van der Waals surface area (Å²) < 4.78 is 6.63. The Hall–Kier alpha value is -9.93. The summed E-state index contributed by atoms with van der Waals surface area (Å²) in [6.45, 7) is 0. The highest BCUT2D eigenvalue weighted by Crippen LogP contribution is 2.50. The summed E-state index contributed by atoms with van der Waals surface area (Å²) in [5.74, 6) is 0. The highest BCUT2D eigenvalue weighted by Gasteiger charge is 2.33. The zero-order chi connectivity index (χ0) is 45.9. The van der Waals surface area contributed by atoms with Crippen molar-refractivity contribution in [1.29, 1.82) is 15.8 Å². The van der Waals surface area contributed by atoms with Crippen LogP contribution in [0.15, 0.2) is 206 Å². The van der Waals surface area contributed by atoms with Gasteiger partial charge in [0.2, 0.25) is 0 Å². The molecule has 316 valence electrons. The molecule has 14 rings (SSSR count). The van der Waals surface area contributed by atoms with Gasteiger partial charge in [0.05, 0.1) is 61.8 Å². The fraction of sp³-hybridized carbons (Fsp3) is 0. The van der Waals surface area contributed by atoms with E-state index in [1.54, 1.807) is 0 Å². The summed E-state index contributed by atoms with van der Waals surface area (Å²) in [4.78, 5) is 0. The van der Waals surface area contributed by atoms with Gasteiger partial charge in [0.25, 0.3) is 0 Å². The highest BCUT2D eigenvalue weighted by molar-refractivity contribution is 6.35.